The van der Waals surface area contributed by atoms with Crippen molar-refractivity contribution in [1.82, 2.24) is 0 Å². The minimum Gasteiger partial charge on any atom is -0.495 e. The first-order chi connectivity index (χ1) is 10.1. The summed E-state index contributed by atoms with van der Waals surface area (Å²) in [4.78, 5) is 12.3. The van der Waals surface area contributed by atoms with Crippen LogP contribution < -0.4 is 10.1 Å². The van der Waals surface area contributed by atoms with Crippen molar-refractivity contribution in [2.24, 2.45) is 0 Å². The van der Waals surface area contributed by atoms with E-state index < -0.39 is 5.54 Å². The zero-order chi connectivity index (χ0) is 15.3. The fourth-order valence-corrected chi connectivity index (χ4v) is 2.23. The Labute approximate surface area is 124 Å². The van der Waals surface area contributed by atoms with Crippen LogP contribution in [0.4, 0.5) is 5.69 Å². The van der Waals surface area contributed by atoms with Gasteiger partial charge in [0, 0.05) is 0 Å². The zero-order valence-electron chi connectivity index (χ0n) is 12.4. The second-order valence-corrected chi connectivity index (χ2v) is 4.81. The van der Waals surface area contributed by atoms with Crippen molar-refractivity contribution in [3.8, 4) is 5.75 Å². The highest BCUT2D eigenvalue weighted by Gasteiger charge is 2.36. The zero-order valence-corrected chi connectivity index (χ0v) is 12.4. The highest BCUT2D eigenvalue weighted by molar-refractivity contribution is 5.86. The molecule has 0 radical (unpaired) electrons. The Bertz CT molecular complexity index is 612. The van der Waals surface area contributed by atoms with Crippen molar-refractivity contribution in [1.29, 1.82) is 0 Å². The monoisotopic (exact) mass is 285 g/mol. The van der Waals surface area contributed by atoms with E-state index in [1.807, 2.05) is 54.6 Å². The Morgan fingerprint density at radius 2 is 1.62 bits per heavy atom. The summed E-state index contributed by atoms with van der Waals surface area (Å²) in [6.45, 7) is 1.79. The maximum Gasteiger partial charge on any atom is 0.335 e. The smallest absolute Gasteiger partial charge is 0.335 e. The van der Waals surface area contributed by atoms with Gasteiger partial charge in [0.15, 0.2) is 5.54 Å². The van der Waals surface area contributed by atoms with Crippen LogP contribution in [0.2, 0.25) is 0 Å². The summed E-state index contributed by atoms with van der Waals surface area (Å²) in [5.74, 6) is 0.308. The van der Waals surface area contributed by atoms with Crippen molar-refractivity contribution in [2.75, 3.05) is 19.5 Å². The number of esters is 1. The molecule has 2 aromatic rings. The van der Waals surface area contributed by atoms with Gasteiger partial charge in [0.1, 0.15) is 5.75 Å². The number of carbonyl (C=O) groups excluding carboxylic acids is 1. The standard InChI is InChI=1S/C17H19NO3/c1-17(16(19)21-3,13-9-5-4-6-10-13)18-14-11-7-8-12-15(14)20-2/h4-12,18H,1-3H3. The topological polar surface area (TPSA) is 47.6 Å². The molecule has 0 spiro atoms. The molecule has 0 aliphatic heterocycles. The second-order valence-electron chi connectivity index (χ2n) is 4.81. The molecular formula is C17H19NO3. The van der Waals surface area contributed by atoms with Gasteiger partial charge in [0.05, 0.1) is 19.9 Å². The Balaban J connectivity index is 2.45. The molecule has 0 saturated carbocycles. The number of para-hydroxylation sites is 2. The third-order valence-electron chi connectivity index (χ3n) is 3.44. The minimum atomic E-state index is -0.995. The lowest BCUT2D eigenvalue weighted by Gasteiger charge is -2.30. The number of carbonyl (C=O) groups is 1. The van der Waals surface area contributed by atoms with Crippen LogP contribution in [0.1, 0.15) is 12.5 Å². The van der Waals surface area contributed by atoms with E-state index in [9.17, 15) is 4.79 Å². The van der Waals surface area contributed by atoms with E-state index in [1.165, 1.54) is 7.11 Å². The van der Waals surface area contributed by atoms with E-state index in [0.717, 1.165) is 11.3 Å². The maximum atomic E-state index is 12.3. The molecule has 110 valence electrons. The number of rotatable bonds is 5. The minimum absolute atomic E-state index is 0.361. The van der Waals surface area contributed by atoms with Crippen LogP contribution in [0, 0.1) is 0 Å². The van der Waals surface area contributed by atoms with Crippen LogP contribution in [0.3, 0.4) is 0 Å². The summed E-state index contributed by atoms with van der Waals surface area (Å²) in [6, 6.07) is 16.9. The van der Waals surface area contributed by atoms with Gasteiger partial charge in [-0.2, -0.15) is 0 Å². The SMILES string of the molecule is COC(=O)C(C)(Nc1ccccc1OC)c1ccccc1. The van der Waals surface area contributed by atoms with Gasteiger partial charge in [-0.05, 0) is 24.6 Å². The van der Waals surface area contributed by atoms with E-state index >= 15 is 0 Å². The summed E-state index contributed by atoms with van der Waals surface area (Å²) >= 11 is 0. The van der Waals surface area contributed by atoms with E-state index in [2.05, 4.69) is 5.32 Å². The lowest BCUT2D eigenvalue weighted by molar-refractivity contribution is -0.145. The number of hydrogen-bond acceptors (Lipinski definition) is 4. The first-order valence-electron chi connectivity index (χ1n) is 6.67. The lowest BCUT2D eigenvalue weighted by Crippen LogP contribution is -2.41. The third kappa shape index (κ3) is 2.99. The van der Waals surface area contributed by atoms with E-state index in [0.29, 0.717) is 5.75 Å². The number of hydrogen-bond donors (Lipinski definition) is 1. The molecule has 4 heteroatoms. The second kappa shape index (κ2) is 6.31. The molecule has 1 atom stereocenters. The van der Waals surface area contributed by atoms with Crippen LogP contribution in [0.15, 0.2) is 54.6 Å². The average Bonchev–Trinajstić information content (AvgIpc) is 2.55. The molecule has 0 heterocycles. The number of ether oxygens (including phenoxy) is 2. The number of benzene rings is 2. The molecule has 0 fully saturated rings. The van der Waals surface area contributed by atoms with Crippen molar-refractivity contribution >= 4 is 11.7 Å². The molecule has 0 saturated heterocycles. The Morgan fingerprint density at radius 3 is 2.24 bits per heavy atom. The van der Waals surface area contributed by atoms with Crippen molar-refractivity contribution in [2.45, 2.75) is 12.5 Å². The molecule has 4 nitrogen and oxygen atoms in total. The van der Waals surface area contributed by atoms with E-state index in [4.69, 9.17) is 9.47 Å². The van der Waals surface area contributed by atoms with Crippen molar-refractivity contribution in [3.05, 3.63) is 60.2 Å². The highest BCUT2D eigenvalue weighted by atomic mass is 16.5. The number of nitrogens with one attached hydrogen (secondary N) is 1. The highest BCUT2D eigenvalue weighted by Crippen LogP contribution is 2.32. The van der Waals surface area contributed by atoms with Crippen LogP contribution in [0.25, 0.3) is 0 Å². The molecular weight excluding hydrogens is 266 g/mol. The Morgan fingerprint density at radius 1 is 1.00 bits per heavy atom. The molecule has 1 unspecified atom stereocenters. The van der Waals surface area contributed by atoms with Gasteiger partial charge in [-0.15, -0.1) is 0 Å². The van der Waals surface area contributed by atoms with Gasteiger partial charge < -0.3 is 14.8 Å². The van der Waals surface area contributed by atoms with Crippen LogP contribution in [0.5, 0.6) is 5.75 Å². The van der Waals surface area contributed by atoms with E-state index in [-0.39, 0.29) is 5.97 Å². The Hall–Kier alpha value is -2.49. The van der Waals surface area contributed by atoms with Crippen LogP contribution >= 0.6 is 0 Å². The normalized spacial score (nSPS) is 13.1. The quantitative estimate of drug-likeness (QED) is 0.857. The maximum absolute atomic E-state index is 12.3. The summed E-state index contributed by atoms with van der Waals surface area (Å²) in [5.41, 5.74) is 0.560. The molecule has 2 rings (SSSR count). The number of methoxy groups -OCH3 is 2. The molecule has 0 aromatic heterocycles. The summed E-state index contributed by atoms with van der Waals surface area (Å²) < 4.78 is 10.3. The lowest BCUT2D eigenvalue weighted by atomic mass is 9.91. The van der Waals surface area contributed by atoms with Crippen LogP contribution in [-0.2, 0) is 15.1 Å². The summed E-state index contributed by atoms with van der Waals surface area (Å²) in [6.07, 6.45) is 0. The van der Waals surface area contributed by atoms with Gasteiger partial charge >= 0.3 is 5.97 Å². The molecule has 0 aliphatic rings. The fourth-order valence-electron chi connectivity index (χ4n) is 2.23. The molecule has 1 N–H and O–H groups in total. The fraction of sp³-hybridized carbons (Fsp3) is 0.235. The molecule has 0 amide bonds. The predicted octanol–water partition coefficient (Wildman–Crippen LogP) is 3.20. The summed E-state index contributed by atoms with van der Waals surface area (Å²) in [7, 11) is 2.98. The first kappa shape index (κ1) is 14.9. The van der Waals surface area contributed by atoms with E-state index in [1.54, 1.807) is 14.0 Å². The van der Waals surface area contributed by atoms with Crippen LogP contribution in [-0.4, -0.2) is 20.2 Å². The molecule has 21 heavy (non-hydrogen) atoms. The number of anilines is 1. The Kier molecular flexibility index (Phi) is 4.48. The van der Waals surface area contributed by atoms with Gasteiger partial charge in [0.2, 0.25) is 0 Å². The average molecular weight is 285 g/mol. The summed E-state index contributed by atoms with van der Waals surface area (Å²) in [5, 5.41) is 3.24. The van der Waals surface area contributed by atoms with Gasteiger partial charge in [-0.25, -0.2) is 4.79 Å². The van der Waals surface area contributed by atoms with Gasteiger partial charge in [-0.1, -0.05) is 42.5 Å². The molecule has 0 bridgehead atoms. The molecule has 0 aliphatic carbocycles. The van der Waals surface area contributed by atoms with Crippen molar-refractivity contribution in [3.63, 3.8) is 0 Å². The first-order valence-corrected chi connectivity index (χ1v) is 6.67. The molecule has 2 aromatic carbocycles. The van der Waals surface area contributed by atoms with Gasteiger partial charge in [0.25, 0.3) is 0 Å². The third-order valence-corrected chi connectivity index (χ3v) is 3.44. The predicted molar refractivity (Wildman–Crippen MR) is 82.4 cm³/mol. The largest absolute Gasteiger partial charge is 0.495 e. The van der Waals surface area contributed by atoms with Crippen molar-refractivity contribution < 1.29 is 14.3 Å². The van der Waals surface area contributed by atoms with Gasteiger partial charge in [-0.3, -0.25) is 0 Å².